The number of hydrazine groups is 1. The number of anilines is 2. The van der Waals surface area contributed by atoms with Crippen molar-refractivity contribution in [3.05, 3.63) is 23.8 Å². The Labute approximate surface area is 127 Å². The highest BCUT2D eigenvalue weighted by Crippen LogP contribution is 2.23. The molecule has 22 heavy (non-hydrogen) atoms. The normalized spacial score (nSPS) is 31.2. The van der Waals surface area contributed by atoms with E-state index in [-0.39, 0.29) is 0 Å². The summed E-state index contributed by atoms with van der Waals surface area (Å²) in [6.45, 7) is -0.503. The summed E-state index contributed by atoms with van der Waals surface area (Å²) in [5, 5.41) is 38.4. The summed E-state index contributed by atoms with van der Waals surface area (Å²) < 4.78 is 5.29. The fraction of sp³-hybridized carbons (Fsp3) is 0.429. The van der Waals surface area contributed by atoms with Crippen LogP contribution in [0.2, 0.25) is 0 Å². The van der Waals surface area contributed by atoms with Gasteiger partial charge in [-0.05, 0) is 12.1 Å². The first-order valence-corrected chi connectivity index (χ1v) is 6.66. The third-order valence-electron chi connectivity index (χ3n) is 3.48. The molecule has 1 aromatic rings. The highest BCUT2D eigenvalue weighted by molar-refractivity contribution is 5.73. The molecule has 8 heteroatoms. The average Bonchev–Trinajstić information content (AvgIpc) is 2.52. The van der Waals surface area contributed by atoms with Crippen molar-refractivity contribution < 1.29 is 25.2 Å². The van der Waals surface area contributed by atoms with E-state index in [2.05, 4.69) is 17.3 Å². The third kappa shape index (κ3) is 3.15. The first-order chi connectivity index (χ1) is 10.5. The van der Waals surface area contributed by atoms with Gasteiger partial charge >= 0.3 is 0 Å². The molecular weight excluding hydrogens is 290 g/mol. The van der Waals surface area contributed by atoms with Gasteiger partial charge in [-0.25, -0.2) is 0 Å². The second-order valence-corrected chi connectivity index (χ2v) is 4.93. The van der Waals surface area contributed by atoms with Crippen molar-refractivity contribution in [3.63, 3.8) is 0 Å². The molecule has 1 fully saturated rings. The topological polar surface area (TPSA) is 154 Å². The second-order valence-electron chi connectivity index (χ2n) is 4.93. The Balaban J connectivity index is 2.26. The van der Waals surface area contributed by atoms with Crippen molar-refractivity contribution in [3.8, 4) is 11.8 Å². The number of nitrogens with two attached hydrogens (primary N) is 2. The molecule has 0 aliphatic carbocycles. The molecule has 0 aromatic heterocycles. The molecule has 0 radical (unpaired) electrons. The lowest BCUT2D eigenvalue weighted by Crippen LogP contribution is -2.58. The molecule has 0 spiro atoms. The summed E-state index contributed by atoms with van der Waals surface area (Å²) in [7, 11) is 0. The number of para-hydroxylation sites is 1. The van der Waals surface area contributed by atoms with E-state index in [1.54, 1.807) is 18.2 Å². The van der Waals surface area contributed by atoms with Crippen LogP contribution in [-0.2, 0) is 4.74 Å². The molecule has 1 aromatic carbocycles. The van der Waals surface area contributed by atoms with E-state index in [9.17, 15) is 15.3 Å². The number of ether oxygens (including phenoxy) is 1. The molecule has 120 valence electrons. The first-order valence-electron chi connectivity index (χ1n) is 6.66. The van der Waals surface area contributed by atoms with Crippen LogP contribution in [0.5, 0.6) is 0 Å². The Morgan fingerprint density at radius 1 is 1.18 bits per heavy atom. The highest BCUT2D eigenvalue weighted by Gasteiger charge is 2.42. The summed E-state index contributed by atoms with van der Waals surface area (Å²) in [5.41, 5.74) is 9.51. The Hall–Kier alpha value is -1.86. The van der Waals surface area contributed by atoms with E-state index in [0.717, 1.165) is 0 Å². The average molecular weight is 309 g/mol. The summed E-state index contributed by atoms with van der Waals surface area (Å²) >= 11 is 0. The lowest BCUT2D eigenvalue weighted by Gasteiger charge is -2.37. The smallest absolute Gasteiger partial charge is 0.147 e. The molecule has 1 heterocycles. The maximum absolute atomic E-state index is 9.90. The van der Waals surface area contributed by atoms with Crippen molar-refractivity contribution in [1.82, 2.24) is 0 Å². The van der Waals surface area contributed by atoms with Gasteiger partial charge in [0.1, 0.15) is 30.5 Å². The van der Waals surface area contributed by atoms with Gasteiger partial charge in [0.15, 0.2) is 0 Å². The first kappa shape index (κ1) is 16.5. The van der Waals surface area contributed by atoms with Gasteiger partial charge in [0.05, 0.1) is 23.5 Å². The van der Waals surface area contributed by atoms with Crippen LogP contribution in [0.3, 0.4) is 0 Å². The van der Waals surface area contributed by atoms with Crippen LogP contribution in [-0.4, -0.2) is 57.6 Å². The standard InChI is InChI=1S/C14H19N3O5/c15-8-3-1-2-7(11(8)17-16)4-5-9-12(19)14(21)13(20)10(6-18)22-9/h1-3,9-10,12-14,17-21H,6,15-16H2/t9?,10?,12?,13-,14?/m1/s1. The highest BCUT2D eigenvalue weighted by atomic mass is 16.5. The molecule has 1 aliphatic rings. The minimum absolute atomic E-state index is 0.406. The molecule has 4 unspecified atom stereocenters. The fourth-order valence-electron chi connectivity index (χ4n) is 2.21. The second kappa shape index (κ2) is 6.93. The van der Waals surface area contributed by atoms with Gasteiger partial charge in [-0.1, -0.05) is 17.9 Å². The molecule has 0 amide bonds. The summed E-state index contributed by atoms with van der Waals surface area (Å²) in [5.74, 6) is 10.8. The Kier molecular flexibility index (Phi) is 5.20. The summed E-state index contributed by atoms with van der Waals surface area (Å²) in [4.78, 5) is 0. The number of rotatable bonds is 2. The molecular formula is C14H19N3O5. The number of nitrogen functional groups attached to an aromatic ring is 2. The van der Waals surface area contributed by atoms with Gasteiger partial charge in [-0.3, -0.25) is 5.84 Å². The van der Waals surface area contributed by atoms with Gasteiger partial charge in [-0.15, -0.1) is 0 Å². The summed E-state index contributed by atoms with van der Waals surface area (Å²) in [6.07, 6.45) is -6.33. The minimum atomic E-state index is -1.46. The maximum Gasteiger partial charge on any atom is 0.147 e. The van der Waals surface area contributed by atoms with Crippen molar-refractivity contribution in [2.75, 3.05) is 17.8 Å². The van der Waals surface area contributed by atoms with Gasteiger partial charge in [0.25, 0.3) is 0 Å². The molecule has 9 N–H and O–H groups in total. The third-order valence-corrected chi connectivity index (χ3v) is 3.48. The zero-order valence-corrected chi connectivity index (χ0v) is 11.7. The molecule has 0 bridgehead atoms. The van der Waals surface area contributed by atoms with E-state index >= 15 is 0 Å². The van der Waals surface area contributed by atoms with Crippen LogP contribution in [0, 0.1) is 11.8 Å². The molecule has 1 saturated heterocycles. The minimum Gasteiger partial charge on any atom is -0.397 e. The van der Waals surface area contributed by atoms with Crippen molar-refractivity contribution in [2.24, 2.45) is 5.84 Å². The Morgan fingerprint density at radius 2 is 1.91 bits per heavy atom. The van der Waals surface area contributed by atoms with Gasteiger partial charge in [0, 0.05) is 0 Å². The summed E-state index contributed by atoms with van der Waals surface area (Å²) in [6, 6.07) is 5.00. The van der Waals surface area contributed by atoms with Crippen LogP contribution >= 0.6 is 0 Å². The zero-order chi connectivity index (χ0) is 16.3. The molecule has 0 saturated carbocycles. The SMILES string of the molecule is NNc1c(N)cccc1C#CC1OC(CO)[C@@H](O)C(O)C1O. The van der Waals surface area contributed by atoms with Crippen LogP contribution < -0.4 is 17.0 Å². The van der Waals surface area contributed by atoms with Gasteiger partial charge in [0.2, 0.25) is 0 Å². The van der Waals surface area contributed by atoms with E-state index in [0.29, 0.717) is 16.9 Å². The van der Waals surface area contributed by atoms with E-state index < -0.39 is 37.1 Å². The lowest BCUT2D eigenvalue weighted by molar-refractivity contribution is -0.214. The number of benzene rings is 1. The maximum atomic E-state index is 9.90. The monoisotopic (exact) mass is 309 g/mol. The zero-order valence-electron chi connectivity index (χ0n) is 11.7. The van der Waals surface area contributed by atoms with Crippen LogP contribution in [0.4, 0.5) is 11.4 Å². The van der Waals surface area contributed by atoms with Gasteiger partial charge < -0.3 is 36.3 Å². The van der Waals surface area contributed by atoms with Crippen LogP contribution in [0.15, 0.2) is 18.2 Å². The largest absolute Gasteiger partial charge is 0.397 e. The molecule has 5 atom stereocenters. The van der Waals surface area contributed by atoms with Crippen molar-refractivity contribution in [2.45, 2.75) is 30.5 Å². The predicted octanol–water partition coefficient (Wildman–Crippen LogP) is -2.25. The lowest BCUT2D eigenvalue weighted by atomic mass is 9.95. The number of aliphatic hydroxyl groups is 4. The molecule has 2 rings (SSSR count). The number of aliphatic hydroxyl groups excluding tert-OH is 4. The van der Waals surface area contributed by atoms with E-state index in [1.807, 2.05) is 0 Å². The number of nitrogens with one attached hydrogen (secondary N) is 1. The van der Waals surface area contributed by atoms with Crippen LogP contribution in [0.1, 0.15) is 5.56 Å². The Morgan fingerprint density at radius 3 is 2.55 bits per heavy atom. The molecule has 8 nitrogen and oxygen atoms in total. The number of hydrogen-bond donors (Lipinski definition) is 7. The number of hydrogen-bond acceptors (Lipinski definition) is 8. The quantitative estimate of drug-likeness (QED) is 0.140. The molecule has 1 aliphatic heterocycles. The van der Waals surface area contributed by atoms with E-state index in [4.69, 9.17) is 21.4 Å². The van der Waals surface area contributed by atoms with Crippen molar-refractivity contribution >= 4 is 11.4 Å². The predicted molar refractivity (Wildman–Crippen MR) is 79.3 cm³/mol. The van der Waals surface area contributed by atoms with Crippen LogP contribution in [0.25, 0.3) is 0 Å². The van der Waals surface area contributed by atoms with Gasteiger partial charge in [-0.2, -0.15) is 0 Å². The Bertz CT molecular complexity index is 584. The van der Waals surface area contributed by atoms with E-state index in [1.165, 1.54) is 0 Å². The van der Waals surface area contributed by atoms with Crippen molar-refractivity contribution in [1.29, 1.82) is 0 Å². The fourth-order valence-corrected chi connectivity index (χ4v) is 2.21.